The smallest absolute Gasteiger partial charge is 0.120 e. The van der Waals surface area contributed by atoms with Crippen LogP contribution in [0.15, 0.2) is 46.3 Å². The number of nitrogens with one attached hydrogen (secondary N) is 1. The van der Waals surface area contributed by atoms with Gasteiger partial charge in [-0.15, -0.1) is 0 Å². The van der Waals surface area contributed by atoms with Gasteiger partial charge in [-0.1, -0.05) is 18.2 Å². The van der Waals surface area contributed by atoms with Crippen molar-refractivity contribution in [1.82, 2.24) is 0 Å². The number of benzene rings is 1. The Morgan fingerprint density at radius 3 is 2.93 bits per heavy atom. The molecule has 0 bridgehead atoms. The van der Waals surface area contributed by atoms with Gasteiger partial charge in [0.1, 0.15) is 5.84 Å². The third kappa shape index (κ3) is 1.54. The highest BCUT2D eigenvalue weighted by molar-refractivity contribution is 5.95. The summed E-state index contributed by atoms with van der Waals surface area (Å²) in [6, 6.07) is 7.72. The second-order valence-corrected chi connectivity index (χ2v) is 3.09. The lowest BCUT2D eigenvalue weighted by Crippen LogP contribution is -2.14. The van der Waals surface area contributed by atoms with Gasteiger partial charge in [-0.05, 0) is 11.6 Å². The van der Waals surface area contributed by atoms with E-state index in [0.717, 1.165) is 11.3 Å². The van der Waals surface area contributed by atoms with E-state index in [2.05, 4.69) is 10.2 Å². The fourth-order valence-corrected chi connectivity index (χ4v) is 1.33. The highest BCUT2D eigenvalue weighted by Gasteiger charge is 2.09. The van der Waals surface area contributed by atoms with Crippen LogP contribution in [-0.4, -0.2) is 5.84 Å². The predicted molar refractivity (Wildman–Crippen MR) is 54.7 cm³/mol. The predicted octanol–water partition coefficient (Wildman–Crippen LogP) is 2.15. The second kappa shape index (κ2) is 3.41. The normalized spacial score (nSPS) is 14.1. The van der Waals surface area contributed by atoms with E-state index in [4.69, 9.17) is 11.1 Å². The molecule has 1 aromatic carbocycles. The van der Waals surface area contributed by atoms with Gasteiger partial charge in [-0.25, -0.2) is 0 Å². The molecule has 1 aliphatic rings. The van der Waals surface area contributed by atoms with Gasteiger partial charge in [0.15, 0.2) is 0 Å². The Balaban J connectivity index is 2.42. The van der Waals surface area contributed by atoms with Crippen molar-refractivity contribution in [3.8, 4) is 0 Å². The van der Waals surface area contributed by atoms with E-state index in [-0.39, 0.29) is 5.84 Å². The molecule has 0 saturated heterocycles. The Morgan fingerprint density at radius 1 is 1.36 bits per heavy atom. The third-order valence-electron chi connectivity index (χ3n) is 2.10. The summed E-state index contributed by atoms with van der Waals surface area (Å²) in [5.41, 5.74) is 8.01. The van der Waals surface area contributed by atoms with E-state index in [1.54, 1.807) is 6.20 Å². The van der Waals surface area contributed by atoms with E-state index < -0.39 is 0 Å². The van der Waals surface area contributed by atoms with Gasteiger partial charge in [-0.3, -0.25) is 5.41 Å². The van der Waals surface area contributed by atoms with Crippen LogP contribution in [0.25, 0.3) is 0 Å². The summed E-state index contributed by atoms with van der Waals surface area (Å²) in [5.74, 6) is 0.0562. The summed E-state index contributed by atoms with van der Waals surface area (Å²) < 4.78 is 0. The number of rotatable bonds is 1. The molecule has 0 spiro atoms. The van der Waals surface area contributed by atoms with Crippen LogP contribution >= 0.6 is 0 Å². The average Bonchev–Trinajstić information content (AvgIpc) is 2.39. The fraction of sp³-hybridized carbons (Fsp3) is 0.100. The first-order valence-electron chi connectivity index (χ1n) is 4.29. The molecule has 1 heterocycles. The van der Waals surface area contributed by atoms with Crippen LogP contribution in [0.1, 0.15) is 5.56 Å². The molecule has 1 aliphatic heterocycles. The molecule has 70 valence electrons. The maximum Gasteiger partial charge on any atom is 0.120 e. The van der Waals surface area contributed by atoms with Gasteiger partial charge in [0, 0.05) is 12.0 Å². The summed E-state index contributed by atoms with van der Waals surface area (Å²) in [5, 5.41) is 15.2. The van der Waals surface area contributed by atoms with Crippen molar-refractivity contribution < 1.29 is 0 Å². The summed E-state index contributed by atoms with van der Waals surface area (Å²) in [7, 11) is 0. The minimum absolute atomic E-state index is 0.0562. The minimum atomic E-state index is 0.0562. The lowest BCUT2D eigenvalue weighted by Gasteiger charge is -2.03. The molecule has 0 aliphatic carbocycles. The van der Waals surface area contributed by atoms with Crippen molar-refractivity contribution in [2.45, 2.75) is 6.42 Å². The Bertz CT molecular complexity index is 432. The van der Waals surface area contributed by atoms with Gasteiger partial charge in [0.05, 0.1) is 11.9 Å². The first kappa shape index (κ1) is 8.62. The Labute approximate surface area is 81.7 Å². The number of nitrogens with two attached hydrogens (primary N) is 1. The lowest BCUT2D eigenvalue weighted by atomic mass is 10.0. The molecule has 1 aromatic rings. The van der Waals surface area contributed by atoms with Crippen LogP contribution < -0.4 is 5.73 Å². The monoisotopic (exact) mass is 186 g/mol. The van der Waals surface area contributed by atoms with Crippen molar-refractivity contribution in [1.29, 1.82) is 5.41 Å². The number of nitrogens with zero attached hydrogens (tertiary/aromatic N) is 2. The fourth-order valence-electron chi connectivity index (χ4n) is 1.33. The zero-order valence-electron chi connectivity index (χ0n) is 7.57. The van der Waals surface area contributed by atoms with Crippen molar-refractivity contribution in [2.75, 3.05) is 0 Å². The summed E-state index contributed by atoms with van der Waals surface area (Å²) in [6.07, 6.45) is 2.17. The first-order valence-corrected chi connectivity index (χ1v) is 4.29. The van der Waals surface area contributed by atoms with E-state index in [1.807, 2.05) is 24.3 Å². The third-order valence-corrected chi connectivity index (χ3v) is 2.10. The molecule has 0 aromatic heterocycles. The second-order valence-electron chi connectivity index (χ2n) is 3.09. The van der Waals surface area contributed by atoms with Crippen LogP contribution in [0.5, 0.6) is 0 Å². The number of hydrogen-bond donors (Lipinski definition) is 2. The highest BCUT2D eigenvalue weighted by atomic mass is 15.1. The van der Waals surface area contributed by atoms with Gasteiger partial charge < -0.3 is 5.73 Å². The van der Waals surface area contributed by atoms with Gasteiger partial charge in [0.25, 0.3) is 0 Å². The molecule has 0 radical (unpaired) electrons. The molecular formula is C10H10N4. The van der Waals surface area contributed by atoms with Gasteiger partial charge in [-0.2, -0.15) is 10.2 Å². The Kier molecular flexibility index (Phi) is 2.10. The topological polar surface area (TPSA) is 74.6 Å². The lowest BCUT2D eigenvalue weighted by molar-refractivity contribution is 1.20. The molecule has 14 heavy (non-hydrogen) atoms. The standard InChI is InChI=1S/C10H10N4/c11-10(12)8-5-7-3-1-2-4-9(7)14-13-6-8/h1-4,6H,5H2,(H3,11,12). The molecule has 2 rings (SSSR count). The van der Waals surface area contributed by atoms with E-state index in [0.29, 0.717) is 12.0 Å². The molecule has 0 saturated carbocycles. The number of hydrogen-bond acceptors (Lipinski definition) is 3. The average molecular weight is 186 g/mol. The zero-order valence-corrected chi connectivity index (χ0v) is 7.57. The summed E-state index contributed by atoms with van der Waals surface area (Å²) >= 11 is 0. The van der Waals surface area contributed by atoms with Crippen molar-refractivity contribution >= 4 is 11.5 Å². The van der Waals surface area contributed by atoms with E-state index >= 15 is 0 Å². The molecule has 0 atom stereocenters. The highest BCUT2D eigenvalue weighted by Crippen LogP contribution is 2.24. The molecule has 3 N–H and O–H groups in total. The van der Waals surface area contributed by atoms with E-state index in [1.165, 1.54) is 0 Å². The molecule has 4 heteroatoms. The Hall–Kier alpha value is -1.97. The van der Waals surface area contributed by atoms with Crippen LogP contribution in [0.3, 0.4) is 0 Å². The van der Waals surface area contributed by atoms with Crippen LogP contribution in [0.2, 0.25) is 0 Å². The van der Waals surface area contributed by atoms with Crippen molar-refractivity contribution in [2.24, 2.45) is 16.0 Å². The van der Waals surface area contributed by atoms with Crippen molar-refractivity contribution in [3.63, 3.8) is 0 Å². The molecule has 0 amide bonds. The SMILES string of the molecule is N=C(N)C1=CN=Nc2ccccc2C1. The van der Waals surface area contributed by atoms with E-state index in [9.17, 15) is 0 Å². The number of fused-ring (bicyclic) bond motifs is 1. The Morgan fingerprint density at radius 2 is 2.14 bits per heavy atom. The minimum Gasteiger partial charge on any atom is -0.384 e. The maximum absolute atomic E-state index is 7.34. The largest absolute Gasteiger partial charge is 0.384 e. The zero-order chi connectivity index (χ0) is 9.97. The molecule has 0 unspecified atom stereocenters. The van der Waals surface area contributed by atoms with Gasteiger partial charge >= 0.3 is 0 Å². The quantitative estimate of drug-likeness (QED) is 0.511. The molecule has 0 fully saturated rings. The van der Waals surface area contributed by atoms with Crippen LogP contribution in [0, 0.1) is 5.41 Å². The van der Waals surface area contributed by atoms with Gasteiger partial charge in [0.2, 0.25) is 0 Å². The maximum atomic E-state index is 7.34. The summed E-state index contributed by atoms with van der Waals surface area (Å²) in [4.78, 5) is 0. The number of azo groups is 1. The first-order chi connectivity index (χ1) is 6.77. The number of amidine groups is 1. The summed E-state index contributed by atoms with van der Waals surface area (Å²) in [6.45, 7) is 0. The van der Waals surface area contributed by atoms with Crippen LogP contribution in [-0.2, 0) is 6.42 Å². The van der Waals surface area contributed by atoms with Crippen molar-refractivity contribution in [3.05, 3.63) is 41.6 Å². The molecule has 4 nitrogen and oxygen atoms in total. The van der Waals surface area contributed by atoms with Crippen LogP contribution in [0.4, 0.5) is 5.69 Å². The molecular weight excluding hydrogens is 176 g/mol.